The van der Waals surface area contributed by atoms with Crippen LogP contribution in [0.15, 0.2) is 0 Å². The Labute approximate surface area is 106 Å². The van der Waals surface area contributed by atoms with E-state index in [0.29, 0.717) is 12.3 Å². The number of aliphatic hydroxyl groups excluding tert-OH is 1. The molecule has 0 aromatic carbocycles. The molecule has 0 aliphatic carbocycles. The van der Waals surface area contributed by atoms with Gasteiger partial charge in [0, 0.05) is 19.1 Å². The number of amides is 1. The van der Waals surface area contributed by atoms with Crippen LogP contribution < -0.4 is 5.32 Å². The zero-order valence-electron chi connectivity index (χ0n) is 12.0. The number of hydrogen-bond acceptors (Lipinski definition) is 2. The fourth-order valence-electron chi connectivity index (χ4n) is 2.24. The van der Waals surface area contributed by atoms with E-state index < -0.39 is 0 Å². The lowest BCUT2D eigenvalue weighted by atomic mass is 9.84. The molecule has 3 heteroatoms. The summed E-state index contributed by atoms with van der Waals surface area (Å²) in [7, 11) is 0. The molecule has 2 unspecified atom stereocenters. The van der Waals surface area contributed by atoms with Crippen LogP contribution in [-0.2, 0) is 4.79 Å². The lowest BCUT2D eigenvalue weighted by molar-refractivity contribution is -0.122. The lowest BCUT2D eigenvalue weighted by Crippen LogP contribution is -2.33. The van der Waals surface area contributed by atoms with E-state index in [1.54, 1.807) is 0 Å². The first-order valence-corrected chi connectivity index (χ1v) is 6.65. The highest BCUT2D eigenvalue weighted by molar-refractivity contribution is 5.76. The van der Waals surface area contributed by atoms with Gasteiger partial charge in [-0.2, -0.15) is 0 Å². The van der Waals surface area contributed by atoms with E-state index in [1.807, 2.05) is 6.92 Å². The second-order valence-electron chi connectivity index (χ2n) is 6.41. The number of carbonyl (C=O) groups is 1. The maximum atomic E-state index is 11.7. The first-order chi connectivity index (χ1) is 7.74. The quantitative estimate of drug-likeness (QED) is 0.722. The number of rotatable bonds is 7. The topological polar surface area (TPSA) is 49.3 Å². The third kappa shape index (κ3) is 10.3. The molecule has 2 N–H and O–H groups in total. The van der Waals surface area contributed by atoms with Crippen molar-refractivity contribution in [1.82, 2.24) is 5.32 Å². The van der Waals surface area contributed by atoms with Crippen LogP contribution in [0.1, 0.15) is 60.3 Å². The molecular formula is C14H29NO2. The molecule has 0 aliphatic heterocycles. The van der Waals surface area contributed by atoms with E-state index in [2.05, 4.69) is 33.0 Å². The molecule has 0 spiro atoms. The van der Waals surface area contributed by atoms with E-state index in [4.69, 9.17) is 5.11 Å². The number of hydrogen-bond donors (Lipinski definition) is 2. The molecule has 0 rings (SSSR count). The number of carbonyl (C=O) groups excluding carboxylic acids is 1. The van der Waals surface area contributed by atoms with Crippen molar-refractivity contribution in [3.8, 4) is 0 Å². The molecule has 1 amide bonds. The van der Waals surface area contributed by atoms with Crippen molar-refractivity contribution >= 4 is 5.91 Å². The smallest absolute Gasteiger partial charge is 0.220 e. The Bertz CT molecular complexity index is 221. The first-order valence-electron chi connectivity index (χ1n) is 6.65. The van der Waals surface area contributed by atoms with Crippen LogP contribution in [0.5, 0.6) is 0 Å². The minimum atomic E-state index is 0.132. The number of aliphatic hydroxyl groups is 1. The summed E-state index contributed by atoms with van der Waals surface area (Å²) in [5.41, 5.74) is 0.280. The highest BCUT2D eigenvalue weighted by Gasteiger charge is 2.18. The SMILES string of the molecule is CC(CC(=O)NC(C)CCCO)CC(C)(C)C. The van der Waals surface area contributed by atoms with E-state index in [0.717, 1.165) is 19.3 Å². The molecule has 0 aromatic heterocycles. The molecule has 0 radical (unpaired) electrons. The van der Waals surface area contributed by atoms with Gasteiger partial charge in [0.1, 0.15) is 0 Å². The maximum Gasteiger partial charge on any atom is 0.220 e. The van der Waals surface area contributed by atoms with Crippen molar-refractivity contribution < 1.29 is 9.90 Å². The molecule has 0 aromatic rings. The second kappa shape index (κ2) is 7.70. The molecule has 0 fully saturated rings. The zero-order valence-corrected chi connectivity index (χ0v) is 12.0. The lowest BCUT2D eigenvalue weighted by Gasteiger charge is -2.23. The van der Waals surface area contributed by atoms with Gasteiger partial charge in [0.05, 0.1) is 0 Å². The molecule has 3 nitrogen and oxygen atoms in total. The van der Waals surface area contributed by atoms with Crippen molar-refractivity contribution in [2.24, 2.45) is 11.3 Å². The highest BCUT2D eigenvalue weighted by atomic mass is 16.2. The average Bonchev–Trinajstić information content (AvgIpc) is 2.10. The molecule has 0 saturated carbocycles. The summed E-state index contributed by atoms with van der Waals surface area (Å²) in [4.78, 5) is 11.7. The van der Waals surface area contributed by atoms with Gasteiger partial charge in [-0.25, -0.2) is 0 Å². The standard InChI is InChI=1S/C14H29NO2/c1-11(10-14(3,4)5)9-13(17)15-12(2)7-6-8-16/h11-12,16H,6-10H2,1-5H3,(H,15,17). The Balaban J connectivity index is 3.85. The summed E-state index contributed by atoms with van der Waals surface area (Å²) in [5.74, 6) is 0.548. The largest absolute Gasteiger partial charge is 0.396 e. The summed E-state index contributed by atoms with van der Waals surface area (Å²) in [6, 6.07) is 0.163. The van der Waals surface area contributed by atoms with E-state index in [9.17, 15) is 4.79 Å². The Kier molecular flexibility index (Phi) is 7.44. The third-order valence-electron chi connectivity index (χ3n) is 2.70. The summed E-state index contributed by atoms with van der Waals surface area (Å²) in [6.07, 6.45) is 3.25. The Morgan fingerprint density at radius 1 is 1.29 bits per heavy atom. The van der Waals surface area contributed by atoms with Crippen LogP contribution in [0.25, 0.3) is 0 Å². The average molecular weight is 243 g/mol. The van der Waals surface area contributed by atoms with Crippen molar-refractivity contribution in [1.29, 1.82) is 0 Å². The molecule has 0 heterocycles. The van der Waals surface area contributed by atoms with Gasteiger partial charge in [-0.15, -0.1) is 0 Å². The van der Waals surface area contributed by atoms with Gasteiger partial charge in [0.2, 0.25) is 5.91 Å². The summed E-state index contributed by atoms with van der Waals surface area (Å²) in [6.45, 7) is 10.9. The van der Waals surface area contributed by atoms with Crippen molar-refractivity contribution in [2.75, 3.05) is 6.61 Å². The van der Waals surface area contributed by atoms with Crippen molar-refractivity contribution in [2.45, 2.75) is 66.3 Å². The predicted molar refractivity (Wildman–Crippen MR) is 71.8 cm³/mol. The molecule has 0 bridgehead atoms. The molecule has 0 aliphatic rings. The molecule has 2 atom stereocenters. The van der Waals surface area contributed by atoms with Gasteiger partial charge < -0.3 is 10.4 Å². The first kappa shape index (κ1) is 16.4. The zero-order chi connectivity index (χ0) is 13.5. The Hall–Kier alpha value is -0.570. The fourth-order valence-corrected chi connectivity index (χ4v) is 2.24. The van der Waals surface area contributed by atoms with E-state index >= 15 is 0 Å². The fraction of sp³-hybridized carbons (Fsp3) is 0.929. The second-order valence-corrected chi connectivity index (χ2v) is 6.41. The van der Waals surface area contributed by atoms with Crippen LogP contribution in [0.2, 0.25) is 0 Å². The number of nitrogens with one attached hydrogen (secondary N) is 1. The van der Waals surface area contributed by atoms with Crippen LogP contribution in [0, 0.1) is 11.3 Å². The minimum absolute atomic E-state index is 0.132. The molecule has 0 saturated heterocycles. The predicted octanol–water partition coefficient (Wildman–Crippen LogP) is 2.73. The van der Waals surface area contributed by atoms with Gasteiger partial charge in [0.15, 0.2) is 0 Å². The molecule has 102 valence electrons. The maximum absolute atomic E-state index is 11.7. The van der Waals surface area contributed by atoms with Crippen LogP contribution in [0.3, 0.4) is 0 Å². The van der Waals surface area contributed by atoms with Gasteiger partial charge in [-0.1, -0.05) is 27.7 Å². The summed E-state index contributed by atoms with van der Waals surface area (Å²) in [5, 5.41) is 11.7. The van der Waals surface area contributed by atoms with Crippen molar-refractivity contribution in [3.05, 3.63) is 0 Å². The van der Waals surface area contributed by atoms with Crippen LogP contribution in [0.4, 0.5) is 0 Å². The molecular weight excluding hydrogens is 214 g/mol. The monoisotopic (exact) mass is 243 g/mol. The van der Waals surface area contributed by atoms with Crippen LogP contribution in [-0.4, -0.2) is 23.7 Å². The minimum Gasteiger partial charge on any atom is -0.396 e. The van der Waals surface area contributed by atoms with Crippen LogP contribution >= 0.6 is 0 Å². The normalized spacial score (nSPS) is 15.4. The van der Waals surface area contributed by atoms with E-state index in [-0.39, 0.29) is 24.0 Å². The van der Waals surface area contributed by atoms with Crippen molar-refractivity contribution in [3.63, 3.8) is 0 Å². The Morgan fingerprint density at radius 3 is 2.35 bits per heavy atom. The summed E-state index contributed by atoms with van der Waals surface area (Å²) < 4.78 is 0. The molecule has 17 heavy (non-hydrogen) atoms. The third-order valence-corrected chi connectivity index (χ3v) is 2.70. The Morgan fingerprint density at radius 2 is 1.88 bits per heavy atom. The van der Waals surface area contributed by atoms with Gasteiger partial charge in [-0.05, 0) is 37.5 Å². The van der Waals surface area contributed by atoms with Gasteiger partial charge in [0.25, 0.3) is 0 Å². The highest BCUT2D eigenvalue weighted by Crippen LogP contribution is 2.25. The van der Waals surface area contributed by atoms with Gasteiger partial charge >= 0.3 is 0 Å². The van der Waals surface area contributed by atoms with Gasteiger partial charge in [-0.3, -0.25) is 4.79 Å². The summed E-state index contributed by atoms with van der Waals surface area (Å²) >= 11 is 0. The van der Waals surface area contributed by atoms with E-state index in [1.165, 1.54) is 0 Å².